The lowest BCUT2D eigenvalue weighted by molar-refractivity contribution is -0.372. The van der Waals surface area contributed by atoms with Crippen LogP contribution in [0.1, 0.15) is 119 Å². The van der Waals surface area contributed by atoms with Crippen LogP contribution in [0.5, 0.6) is 0 Å². The molecule has 0 aromatic heterocycles. The molecule has 30 nitrogen and oxygen atoms in total. The van der Waals surface area contributed by atoms with Gasteiger partial charge in [0.15, 0.2) is 12.6 Å². The van der Waals surface area contributed by atoms with Crippen molar-refractivity contribution in [2.24, 2.45) is 50.2 Å². The Bertz CT molecular complexity index is 2620. The van der Waals surface area contributed by atoms with Crippen LogP contribution >= 0.6 is 0 Å². The van der Waals surface area contributed by atoms with Crippen LogP contribution in [0.3, 0.4) is 0 Å². The minimum Gasteiger partial charge on any atom is -0.481 e. The van der Waals surface area contributed by atoms with Crippen molar-refractivity contribution in [2.75, 3.05) is 26.4 Å². The highest BCUT2D eigenvalue weighted by molar-refractivity contribution is 5.80. The lowest BCUT2D eigenvalue weighted by Gasteiger charge is -2.71. The zero-order valence-electron chi connectivity index (χ0n) is 51.5. The van der Waals surface area contributed by atoms with Gasteiger partial charge in [0.2, 0.25) is 12.6 Å². The molecule has 17 N–H and O–H groups in total. The monoisotopic (exact) mass is 1290 g/mol. The Labute approximate surface area is 519 Å². The first kappa shape index (κ1) is 71.0. The highest BCUT2D eigenvalue weighted by Crippen LogP contribution is 2.76. The molecule has 4 heterocycles. The van der Waals surface area contributed by atoms with Crippen LogP contribution in [-0.4, -0.2) is 278 Å². The summed E-state index contributed by atoms with van der Waals surface area (Å²) in [7, 11) is 0. The van der Waals surface area contributed by atoms with Gasteiger partial charge in [-0.15, -0.1) is 0 Å². The summed E-state index contributed by atoms with van der Waals surface area (Å²) < 4.78 is 51.8. The molecule has 5 aliphatic carbocycles. The Morgan fingerprint density at radius 1 is 0.567 bits per heavy atom. The Morgan fingerprint density at radius 3 is 1.68 bits per heavy atom. The number of carboxylic acid groups (broad SMARTS) is 1. The fraction of sp³-hybridized carbons (Fsp3) is 0.900. The number of allylic oxidation sites excluding steroid dienone is 2. The zero-order chi connectivity index (χ0) is 66.5. The van der Waals surface area contributed by atoms with Crippen LogP contribution in [0.4, 0.5) is 0 Å². The molecule has 9 rings (SSSR count). The molecule has 90 heavy (non-hydrogen) atoms. The molecule has 8 fully saturated rings. The van der Waals surface area contributed by atoms with Gasteiger partial charge in [-0.05, 0) is 111 Å². The second kappa shape index (κ2) is 26.0. The van der Waals surface area contributed by atoms with Gasteiger partial charge >= 0.3 is 23.9 Å². The molecular weight excluding hydrogens is 1200 g/mol. The molecule has 0 aromatic carbocycles. The number of ether oxygens (including phenoxy) is 9. The quantitative estimate of drug-likeness (QED) is 0.0371. The first-order valence-electron chi connectivity index (χ1n) is 31.1. The highest BCUT2D eigenvalue weighted by atomic mass is 16.8. The second-order valence-electron chi connectivity index (χ2n) is 28.9. The van der Waals surface area contributed by atoms with E-state index in [2.05, 4.69) is 40.7 Å². The number of fused-ring (bicyclic) bond motifs is 7. The molecule has 4 saturated carbocycles. The molecule has 0 radical (unpaired) electrons. The molecule has 0 aromatic rings. The highest BCUT2D eigenvalue weighted by Gasteiger charge is 2.73. The summed E-state index contributed by atoms with van der Waals surface area (Å²) in [5.41, 5.74) is -6.89. The van der Waals surface area contributed by atoms with Crippen molar-refractivity contribution in [3.8, 4) is 0 Å². The van der Waals surface area contributed by atoms with E-state index in [-0.39, 0.29) is 30.6 Å². The molecule has 30 heteroatoms. The Balaban J connectivity index is 0.948. The predicted molar refractivity (Wildman–Crippen MR) is 297 cm³/mol. The number of carbonyl (C=O) groups excluding carboxylic acids is 3. The van der Waals surface area contributed by atoms with Gasteiger partial charge < -0.3 is 129 Å². The third-order valence-electron chi connectivity index (χ3n) is 22.8. The van der Waals surface area contributed by atoms with E-state index < -0.39 is 243 Å². The summed E-state index contributed by atoms with van der Waals surface area (Å²) >= 11 is 0. The van der Waals surface area contributed by atoms with Gasteiger partial charge in [-0.25, -0.2) is 0 Å². The van der Waals surface area contributed by atoms with E-state index in [1.54, 1.807) is 6.92 Å². The number of hydrogen-bond acceptors (Lipinski definition) is 29. The van der Waals surface area contributed by atoms with E-state index in [1.165, 1.54) is 0 Å². The van der Waals surface area contributed by atoms with Crippen molar-refractivity contribution in [2.45, 2.75) is 260 Å². The van der Waals surface area contributed by atoms with Gasteiger partial charge in [0.1, 0.15) is 110 Å². The third-order valence-corrected chi connectivity index (χ3v) is 22.8. The topological polar surface area (TPSA) is 495 Å². The van der Waals surface area contributed by atoms with E-state index in [0.29, 0.717) is 38.5 Å². The smallest absolute Gasteiger partial charge is 0.317 e. The number of rotatable bonds is 17. The summed E-state index contributed by atoms with van der Waals surface area (Å²) in [6, 6.07) is 0. The lowest BCUT2D eigenvalue weighted by atomic mass is 9.33. The summed E-state index contributed by atoms with van der Waals surface area (Å²) in [4.78, 5) is 54.0. The summed E-state index contributed by atoms with van der Waals surface area (Å²) in [6.07, 6.45) is -36.9. The number of carbonyl (C=O) groups is 4. The normalized spacial score (nSPS) is 49.9. The van der Waals surface area contributed by atoms with E-state index in [9.17, 15) is 96.1 Å². The van der Waals surface area contributed by atoms with E-state index in [4.69, 9.17) is 47.7 Å². The van der Waals surface area contributed by atoms with E-state index in [0.717, 1.165) is 12.5 Å². The molecule has 0 spiro atoms. The number of aliphatic hydroxyl groups is 16. The Hall–Kier alpha value is -3.26. The Morgan fingerprint density at radius 2 is 1.09 bits per heavy atom. The molecule has 4 saturated heterocycles. The molecular formula is C60H94O30. The first-order valence-corrected chi connectivity index (χ1v) is 31.1. The van der Waals surface area contributed by atoms with Crippen LogP contribution in [-0.2, 0) is 61.8 Å². The molecule has 4 aliphatic heterocycles. The SMILES string of the molecule is CC1(C)CC[C@]2(C(=O)O[C@@H]3O[C@H](CO[C@@H]4O[C@H](COC(=O)C[C@@](C)(O)CC(=O)O)[C@@H](O)[C@H](O)[C@H]4O[C@@H]4O[C@H](CO)[C@@H](O)[C@H](O)[C@H]4O)[C@@H](O)[C@H](O)[C@H]3O)[C@H](O)C[C@]3(C)C(=CC[C@@H]4[C@@]5(C)CC[C@H](O)[C@@](C)(C(=O)O[C@@H]6O[C@H](CO)[C@@H](O)[C@H](O)[C@H]6O)[C@@H]5CC[C@]43C)[C@@H]2C1. The minimum absolute atomic E-state index is 0.0452. The van der Waals surface area contributed by atoms with Crippen molar-refractivity contribution in [3.63, 3.8) is 0 Å². The number of aliphatic carboxylic acids is 1. The van der Waals surface area contributed by atoms with Crippen LogP contribution < -0.4 is 0 Å². The number of hydrogen-bond donors (Lipinski definition) is 17. The number of esters is 3. The molecule has 0 bridgehead atoms. The summed E-state index contributed by atoms with van der Waals surface area (Å²) in [5.74, 6) is -5.83. The van der Waals surface area contributed by atoms with Crippen molar-refractivity contribution in [1.82, 2.24) is 0 Å². The standard InChI is InChI=1S/C60H94O30/c1-54(2)14-15-60(25(16-54)24-8-9-30-56(4)12-11-32(63)59(7,31(56)10-13-57(30,5)58(24,6)17-33(60)64)52(79)89-49-45(77)41(73)37(69)27(21-62)85-49)53(80)90-50-46(78)42(74)38(70)29(86-50)23-83-51-47(88-48-44(76)40(72)36(68)26(20-61)84-48)43(75)39(71)28(87-51)22-82-35(67)19-55(3,81)18-34(65)66/h8,25-33,36-51,61-64,68-78,81H,9-23H2,1-7H3,(H,65,66)/t25-,26+,27+,28+,29+,30+,31+,32-,33+,36+,37+,38+,39+,40-,41-,42-,43-,44+,45+,46+,47+,48-,49-,50-,51+,55-,56+,57+,58+,59-,60+/m0/s1. The van der Waals surface area contributed by atoms with Gasteiger partial charge in [0, 0.05) is 0 Å². The maximum Gasteiger partial charge on any atom is 0.317 e. The lowest BCUT2D eigenvalue weighted by Crippen LogP contribution is -2.69. The van der Waals surface area contributed by atoms with Crippen molar-refractivity contribution in [1.29, 1.82) is 0 Å². The summed E-state index contributed by atoms with van der Waals surface area (Å²) in [6.45, 7) is 9.70. The van der Waals surface area contributed by atoms with E-state index in [1.807, 2.05) is 0 Å². The fourth-order valence-electron chi connectivity index (χ4n) is 17.2. The van der Waals surface area contributed by atoms with Gasteiger partial charge in [0.05, 0.1) is 55.9 Å². The average Bonchev–Trinajstić information content (AvgIpc) is 0.672. The first-order chi connectivity index (χ1) is 41.9. The maximum absolute atomic E-state index is 15.4. The van der Waals surface area contributed by atoms with Crippen molar-refractivity contribution in [3.05, 3.63) is 11.6 Å². The molecule has 514 valence electrons. The molecule has 31 atom stereocenters. The number of carboxylic acids is 1. The Kier molecular flexibility index (Phi) is 20.6. The maximum atomic E-state index is 15.4. The fourth-order valence-corrected chi connectivity index (χ4v) is 17.2. The van der Waals surface area contributed by atoms with Gasteiger partial charge in [-0.3, -0.25) is 19.2 Å². The molecule has 0 unspecified atom stereocenters. The van der Waals surface area contributed by atoms with Crippen molar-refractivity contribution >= 4 is 23.9 Å². The number of aliphatic hydroxyl groups excluding tert-OH is 15. The zero-order valence-corrected chi connectivity index (χ0v) is 51.5. The second-order valence-corrected chi connectivity index (χ2v) is 28.9. The molecule has 0 amide bonds. The van der Waals surface area contributed by atoms with Gasteiger partial charge in [-0.1, -0.05) is 46.3 Å². The van der Waals surface area contributed by atoms with Gasteiger partial charge in [-0.2, -0.15) is 0 Å². The van der Waals surface area contributed by atoms with E-state index >= 15 is 4.79 Å². The van der Waals surface area contributed by atoms with Crippen LogP contribution in [0.15, 0.2) is 11.6 Å². The van der Waals surface area contributed by atoms with Crippen LogP contribution in [0.2, 0.25) is 0 Å². The van der Waals surface area contributed by atoms with Gasteiger partial charge in [0.25, 0.3) is 0 Å². The summed E-state index contributed by atoms with van der Waals surface area (Å²) in [5, 5.41) is 185. The van der Waals surface area contributed by atoms with Crippen LogP contribution in [0.25, 0.3) is 0 Å². The average molecular weight is 1300 g/mol. The predicted octanol–water partition coefficient (Wildman–Crippen LogP) is -4.40. The minimum atomic E-state index is -2.13. The van der Waals surface area contributed by atoms with Crippen molar-refractivity contribution < 1.29 is 149 Å². The van der Waals surface area contributed by atoms with Crippen LogP contribution in [0, 0.1) is 50.2 Å². The third kappa shape index (κ3) is 12.3. The molecule has 9 aliphatic rings. The largest absolute Gasteiger partial charge is 0.481 e.